The molecule has 184 valence electrons. The van der Waals surface area contributed by atoms with E-state index in [0.717, 1.165) is 56.2 Å². The van der Waals surface area contributed by atoms with Crippen LogP contribution in [-0.2, 0) is 4.79 Å². The summed E-state index contributed by atoms with van der Waals surface area (Å²) in [5.41, 5.74) is 1.79. The normalized spacial score (nSPS) is 12.1. The Hall–Kier alpha value is -3.14. The van der Waals surface area contributed by atoms with Gasteiger partial charge in [0, 0.05) is 50.2 Å². The van der Waals surface area contributed by atoms with Crippen molar-refractivity contribution in [2.75, 3.05) is 20.1 Å². The molecule has 0 aliphatic carbocycles. The number of carbonyl (C=O) groups excluding carboxylic acids is 1. The van der Waals surface area contributed by atoms with Crippen LogP contribution in [0.3, 0.4) is 0 Å². The molecule has 4 nitrogen and oxygen atoms in total. The van der Waals surface area contributed by atoms with Crippen LogP contribution in [0.15, 0.2) is 91.9 Å². The Kier molecular flexibility index (Phi) is 17.4. The maximum Gasteiger partial charge on any atom is 0.222 e. The summed E-state index contributed by atoms with van der Waals surface area (Å²) in [6, 6.07) is 3.85. The number of amides is 1. The van der Waals surface area contributed by atoms with E-state index in [-0.39, 0.29) is 5.91 Å². The van der Waals surface area contributed by atoms with E-state index in [0.29, 0.717) is 19.5 Å². The molecule has 0 unspecified atom stereocenters. The third kappa shape index (κ3) is 15.6. The van der Waals surface area contributed by atoms with Gasteiger partial charge in [-0.3, -0.25) is 9.78 Å². The lowest BCUT2D eigenvalue weighted by Crippen LogP contribution is -2.33. The first-order valence-electron chi connectivity index (χ1n) is 12.5. The predicted octanol–water partition coefficient (Wildman–Crippen LogP) is 7.02. The molecule has 1 rings (SSSR count). The highest BCUT2D eigenvalue weighted by atomic mass is 16.2. The van der Waals surface area contributed by atoms with E-state index in [1.54, 1.807) is 17.3 Å². The molecule has 1 aromatic heterocycles. The van der Waals surface area contributed by atoms with Crippen molar-refractivity contribution in [1.82, 2.24) is 15.2 Å². The average Bonchev–Trinajstić information content (AvgIpc) is 2.86. The van der Waals surface area contributed by atoms with Crippen molar-refractivity contribution in [3.8, 4) is 0 Å². The minimum absolute atomic E-state index is 0.182. The lowest BCUT2D eigenvalue weighted by Gasteiger charge is -2.18. The van der Waals surface area contributed by atoms with Gasteiger partial charge >= 0.3 is 0 Å². The lowest BCUT2D eigenvalue weighted by molar-refractivity contribution is -0.129. The molecule has 0 saturated heterocycles. The van der Waals surface area contributed by atoms with Crippen LogP contribution in [0.25, 0.3) is 5.70 Å². The molecule has 1 heterocycles. The number of hydrogen-bond donors (Lipinski definition) is 1. The SMILES string of the molecule is C=C(NCCN(C)C(=O)CCC/C=C\C/C=C\C/C=C\C/C=C\C/C=C\CC)c1cccnc1. The van der Waals surface area contributed by atoms with E-state index < -0.39 is 0 Å². The molecule has 0 spiro atoms. The molecule has 0 aromatic carbocycles. The largest absolute Gasteiger partial charge is 0.383 e. The molecule has 1 N–H and O–H groups in total. The molecular weight excluding hydrogens is 418 g/mol. The Morgan fingerprint density at radius 3 is 2.12 bits per heavy atom. The van der Waals surface area contributed by atoms with E-state index >= 15 is 0 Å². The van der Waals surface area contributed by atoms with Crippen LogP contribution in [0.1, 0.15) is 63.9 Å². The number of allylic oxidation sites excluding steroid dienone is 10. The summed E-state index contributed by atoms with van der Waals surface area (Å²) >= 11 is 0. The topological polar surface area (TPSA) is 45.2 Å². The first-order chi connectivity index (χ1) is 16.6. The van der Waals surface area contributed by atoms with Crippen LogP contribution in [0.4, 0.5) is 0 Å². The van der Waals surface area contributed by atoms with Gasteiger partial charge in [0.2, 0.25) is 5.91 Å². The highest BCUT2D eigenvalue weighted by molar-refractivity contribution is 5.75. The summed E-state index contributed by atoms with van der Waals surface area (Å²) in [6.45, 7) is 7.50. The zero-order valence-electron chi connectivity index (χ0n) is 21.2. The van der Waals surface area contributed by atoms with E-state index in [2.05, 4.69) is 84.6 Å². The molecule has 0 aliphatic rings. The van der Waals surface area contributed by atoms with E-state index in [1.807, 2.05) is 19.2 Å². The molecule has 4 heteroatoms. The van der Waals surface area contributed by atoms with Crippen LogP contribution >= 0.6 is 0 Å². The lowest BCUT2D eigenvalue weighted by atomic mass is 10.2. The van der Waals surface area contributed by atoms with Gasteiger partial charge in [0.25, 0.3) is 0 Å². The van der Waals surface area contributed by atoms with Crippen LogP contribution in [0.5, 0.6) is 0 Å². The zero-order chi connectivity index (χ0) is 24.7. The van der Waals surface area contributed by atoms with Crippen LogP contribution < -0.4 is 5.32 Å². The molecule has 0 fully saturated rings. The molecule has 1 amide bonds. The van der Waals surface area contributed by atoms with Gasteiger partial charge in [-0.15, -0.1) is 0 Å². The zero-order valence-corrected chi connectivity index (χ0v) is 21.2. The minimum Gasteiger partial charge on any atom is -0.383 e. The molecule has 0 atom stereocenters. The molecule has 34 heavy (non-hydrogen) atoms. The van der Waals surface area contributed by atoms with Crippen molar-refractivity contribution < 1.29 is 4.79 Å². The Morgan fingerprint density at radius 1 is 0.971 bits per heavy atom. The molecule has 0 saturated carbocycles. The molecule has 0 radical (unpaired) electrons. The van der Waals surface area contributed by atoms with E-state index in [4.69, 9.17) is 0 Å². The van der Waals surface area contributed by atoms with Crippen molar-refractivity contribution in [3.05, 3.63) is 97.4 Å². The maximum absolute atomic E-state index is 12.3. The minimum atomic E-state index is 0.182. The number of likely N-dealkylation sites (N-methyl/N-ethyl adjacent to an activating group) is 1. The third-order valence-electron chi connectivity index (χ3n) is 5.14. The summed E-state index contributed by atoms with van der Waals surface area (Å²) in [4.78, 5) is 18.1. The monoisotopic (exact) mass is 461 g/mol. The molecule has 0 aliphatic heterocycles. The highest BCUT2D eigenvalue weighted by Gasteiger charge is 2.07. The second kappa shape index (κ2) is 20.5. The van der Waals surface area contributed by atoms with E-state index in [1.165, 1.54) is 0 Å². The fraction of sp³-hybridized carbons (Fsp3) is 0.400. The molecule has 0 bridgehead atoms. The van der Waals surface area contributed by atoms with Gasteiger partial charge in [-0.25, -0.2) is 0 Å². The predicted molar refractivity (Wildman–Crippen MR) is 147 cm³/mol. The first kappa shape index (κ1) is 28.9. The number of unbranched alkanes of at least 4 members (excludes halogenated alkanes) is 1. The second-order valence-electron chi connectivity index (χ2n) is 8.06. The number of carbonyl (C=O) groups is 1. The standard InChI is InChI=1S/C30H43N3O/c1-4-5-6-7-8-9-10-11-12-13-14-15-16-17-18-19-20-23-30(34)33(3)26-25-32-28(2)29-22-21-24-31-27-29/h5-6,8-9,11-12,14-15,17-18,21-22,24,27,32H,2,4,7,10,13,16,19-20,23,25-26H2,1,3H3/b6-5-,9-8-,12-11-,15-14-,18-17-. The quantitative estimate of drug-likeness (QED) is 0.189. The van der Waals surface area contributed by atoms with E-state index in [9.17, 15) is 4.79 Å². The number of pyridine rings is 1. The number of nitrogens with zero attached hydrogens (tertiary/aromatic N) is 2. The smallest absolute Gasteiger partial charge is 0.222 e. The summed E-state index contributed by atoms with van der Waals surface area (Å²) in [5.74, 6) is 0.182. The number of aromatic nitrogens is 1. The number of hydrogen-bond acceptors (Lipinski definition) is 3. The number of nitrogens with one attached hydrogen (secondary N) is 1. The van der Waals surface area contributed by atoms with Gasteiger partial charge in [0.05, 0.1) is 0 Å². The van der Waals surface area contributed by atoms with Gasteiger partial charge in [-0.05, 0) is 57.1 Å². The van der Waals surface area contributed by atoms with Crippen molar-refractivity contribution in [2.45, 2.75) is 58.3 Å². The Bertz CT molecular complexity index is 819. The molecule has 1 aromatic rings. The Labute approximate surface area is 207 Å². The Balaban J connectivity index is 2.02. The van der Waals surface area contributed by atoms with Crippen molar-refractivity contribution in [3.63, 3.8) is 0 Å². The first-order valence-corrected chi connectivity index (χ1v) is 12.5. The van der Waals surface area contributed by atoms with Gasteiger partial charge in [-0.2, -0.15) is 0 Å². The highest BCUT2D eigenvalue weighted by Crippen LogP contribution is 2.06. The number of rotatable bonds is 18. The summed E-state index contributed by atoms with van der Waals surface area (Å²) in [6.07, 6.45) is 32.9. The maximum atomic E-state index is 12.3. The third-order valence-corrected chi connectivity index (χ3v) is 5.14. The van der Waals surface area contributed by atoms with Crippen LogP contribution in [0, 0.1) is 0 Å². The van der Waals surface area contributed by atoms with Crippen LogP contribution in [-0.4, -0.2) is 35.9 Å². The second-order valence-corrected chi connectivity index (χ2v) is 8.06. The van der Waals surface area contributed by atoms with Gasteiger partial charge in [0.15, 0.2) is 0 Å². The van der Waals surface area contributed by atoms with Crippen molar-refractivity contribution >= 4 is 11.6 Å². The fourth-order valence-electron chi connectivity index (χ4n) is 3.07. The van der Waals surface area contributed by atoms with Gasteiger partial charge in [-0.1, -0.05) is 74.3 Å². The van der Waals surface area contributed by atoms with Crippen molar-refractivity contribution in [2.24, 2.45) is 0 Å². The van der Waals surface area contributed by atoms with Gasteiger partial charge in [0.1, 0.15) is 0 Å². The van der Waals surface area contributed by atoms with Crippen LogP contribution in [0.2, 0.25) is 0 Å². The van der Waals surface area contributed by atoms with Gasteiger partial charge < -0.3 is 10.2 Å². The fourth-order valence-corrected chi connectivity index (χ4v) is 3.07. The molecular formula is C30H43N3O. The summed E-state index contributed by atoms with van der Waals surface area (Å²) in [5, 5.41) is 3.26. The Morgan fingerprint density at radius 2 is 1.56 bits per heavy atom. The van der Waals surface area contributed by atoms with Crippen molar-refractivity contribution in [1.29, 1.82) is 0 Å². The summed E-state index contributed by atoms with van der Waals surface area (Å²) < 4.78 is 0. The average molecular weight is 462 g/mol. The summed E-state index contributed by atoms with van der Waals surface area (Å²) in [7, 11) is 1.85.